The van der Waals surface area contributed by atoms with E-state index < -0.39 is 17.1 Å². The molecule has 7 heteroatoms. The maximum absolute atomic E-state index is 15.0. The third kappa shape index (κ3) is 3.81. The number of carbonyl (C=O) groups excluding carboxylic acids is 3. The summed E-state index contributed by atoms with van der Waals surface area (Å²) in [7, 11) is 0. The molecule has 0 radical (unpaired) electrons. The third-order valence-corrected chi connectivity index (χ3v) is 7.77. The van der Waals surface area contributed by atoms with Crippen molar-refractivity contribution >= 4 is 17.7 Å². The molecule has 1 saturated carbocycles. The summed E-state index contributed by atoms with van der Waals surface area (Å²) in [4.78, 5) is 43.2. The standard InChI is InChI=1S/C27H28F2N2O3/c28-22-11-5-3-9-20(22)18-13-14-30(17-18)24(32)15-27(21-10-4-6-12-23(21)29)16-25(33)31(26(27)34)19-7-1-2-8-19/h3-6,9-12,18-19H,1-2,7-8,13-17H2/t18-,27+/m1/s1. The molecule has 0 aromatic heterocycles. The molecule has 0 spiro atoms. The second kappa shape index (κ2) is 8.93. The number of hydrogen-bond donors (Lipinski definition) is 0. The van der Waals surface area contributed by atoms with Crippen molar-refractivity contribution in [2.24, 2.45) is 0 Å². The Kier molecular flexibility index (Phi) is 5.96. The molecule has 5 nitrogen and oxygen atoms in total. The highest BCUT2D eigenvalue weighted by Crippen LogP contribution is 2.44. The molecular weight excluding hydrogens is 438 g/mol. The number of carbonyl (C=O) groups is 3. The molecule has 3 amide bonds. The molecule has 178 valence electrons. The number of rotatable bonds is 5. The average molecular weight is 467 g/mol. The summed E-state index contributed by atoms with van der Waals surface area (Å²) in [5, 5.41) is 0. The molecule has 3 aliphatic rings. The van der Waals surface area contributed by atoms with E-state index in [1.165, 1.54) is 29.2 Å². The van der Waals surface area contributed by atoms with Crippen molar-refractivity contribution < 1.29 is 23.2 Å². The lowest BCUT2D eigenvalue weighted by Gasteiger charge is -2.31. The molecule has 3 fully saturated rings. The van der Waals surface area contributed by atoms with Crippen LogP contribution in [0.1, 0.15) is 62.0 Å². The largest absolute Gasteiger partial charge is 0.342 e. The molecule has 2 aromatic rings. The summed E-state index contributed by atoms with van der Waals surface area (Å²) in [5.74, 6) is -2.13. The smallest absolute Gasteiger partial charge is 0.241 e. The molecule has 2 saturated heterocycles. The fourth-order valence-electron chi connectivity index (χ4n) is 6.00. The first-order valence-corrected chi connectivity index (χ1v) is 12.0. The lowest BCUT2D eigenvalue weighted by molar-refractivity contribution is -0.144. The zero-order chi connectivity index (χ0) is 23.9. The lowest BCUT2D eigenvalue weighted by atomic mass is 9.75. The highest BCUT2D eigenvalue weighted by Gasteiger charge is 2.57. The van der Waals surface area contributed by atoms with E-state index in [1.807, 2.05) is 0 Å². The quantitative estimate of drug-likeness (QED) is 0.617. The first-order valence-electron chi connectivity index (χ1n) is 12.0. The van der Waals surface area contributed by atoms with Crippen molar-refractivity contribution in [3.63, 3.8) is 0 Å². The molecule has 2 heterocycles. The number of hydrogen-bond acceptors (Lipinski definition) is 3. The summed E-state index contributed by atoms with van der Waals surface area (Å²) in [6.07, 6.45) is 3.51. The van der Waals surface area contributed by atoms with Crippen molar-refractivity contribution in [2.45, 2.75) is 62.3 Å². The summed E-state index contributed by atoms with van der Waals surface area (Å²) < 4.78 is 29.3. The minimum atomic E-state index is -1.54. The van der Waals surface area contributed by atoms with Gasteiger partial charge in [-0.05, 0) is 37.0 Å². The van der Waals surface area contributed by atoms with Crippen molar-refractivity contribution in [1.82, 2.24) is 9.80 Å². The van der Waals surface area contributed by atoms with Gasteiger partial charge >= 0.3 is 0 Å². The van der Waals surface area contributed by atoms with Gasteiger partial charge in [0.15, 0.2) is 0 Å². The van der Waals surface area contributed by atoms with Crippen LogP contribution >= 0.6 is 0 Å². The first-order chi connectivity index (χ1) is 16.4. The van der Waals surface area contributed by atoms with Gasteiger partial charge in [0.2, 0.25) is 17.7 Å². The Morgan fingerprint density at radius 3 is 2.32 bits per heavy atom. The summed E-state index contributed by atoms with van der Waals surface area (Å²) >= 11 is 0. The Labute approximate surface area is 197 Å². The molecule has 2 atom stereocenters. The summed E-state index contributed by atoms with van der Waals surface area (Å²) in [6.45, 7) is 0.765. The topological polar surface area (TPSA) is 57.7 Å². The number of nitrogens with zero attached hydrogens (tertiary/aromatic N) is 2. The number of likely N-dealkylation sites (tertiary alicyclic amines) is 2. The fraction of sp³-hybridized carbons (Fsp3) is 0.444. The van der Waals surface area contributed by atoms with Gasteiger partial charge in [0.1, 0.15) is 11.6 Å². The Balaban J connectivity index is 1.43. The number of amides is 3. The van der Waals surface area contributed by atoms with Crippen LogP contribution in [-0.4, -0.2) is 46.7 Å². The molecule has 2 aromatic carbocycles. The van der Waals surface area contributed by atoms with Gasteiger partial charge in [-0.25, -0.2) is 8.78 Å². The summed E-state index contributed by atoms with van der Waals surface area (Å²) in [5.41, 5.74) is -0.869. The van der Waals surface area contributed by atoms with Gasteiger partial charge in [-0.2, -0.15) is 0 Å². The van der Waals surface area contributed by atoms with Gasteiger partial charge in [0.05, 0.1) is 5.41 Å². The minimum absolute atomic E-state index is 0.104. The zero-order valence-corrected chi connectivity index (χ0v) is 19.0. The van der Waals surface area contributed by atoms with Crippen molar-refractivity contribution in [3.8, 4) is 0 Å². The predicted octanol–water partition coefficient (Wildman–Crippen LogP) is 4.31. The fourth-order valence-corrected chi connectivity index (χ4v) is 6.00. The van der Waals surface area contributed by atoms with E-state index in [0.29, 0.717) is 25.1 Å². The molecule has 0 bridgehead atoms. The van der Waals surface area contributed by atoms with E-state index in [4.69, 9.17) is 0 Å². The van der Waals surface area contributed by atoms with Crippen LogP contribution in [0.4, 0.5) is 8.78 Å². The lowest BCUT2D eigenvalue weighted by Crippen LogP contribution is -2.46. The van der Waals surface area contributed by atoms with Crippen molar-refractivity contribution in [2.75, 3.05) is 13.1 Å². The monoisotopic (exact) mass is 466 g/mol. The van der Waals surface area contributed by atoms with E-state index in [1.54, 1.807) is 29.2 Å². The Morgan fingerprint density at radius 1 is 0.941 bits per heavy atom. The van der Waals surface area contributed by atoms with Crippen LogP contribution in [0, 0.1) is 11.6 Å². The number of imide groups is 1. The van der Waals surface area contributed by atoms with Crippen LogP contribution in [-0.2, 0) is 19.8 Å². The highest BCUT2D eigenvalue weighted by atomic mass is 19.1. The molecule has 1 aliphatic carbocycles. The van der Waals surface area contributed by atoms with Gasteiger partial charge in [0.25, 0.3) is 0 Å². The molecular formula is C27H28F2N2O3. The Hall–Kier alpha value is -3.09. The maximum Gasteiger partial charge on any atom is 0.241 e. The third-order valence-electron chi connectivity index (χ3n) is 7.77. The van der Waals surface area contributed by atoms with Gasteiger partial charge < -0.3 is 4.90 Å². The van der Waals surface area contributed by atoms with E-state index in [9.17, 15) is 23.2 Å². The molecule has 5 rings (SSSR count). The molecule has 0 N–H and O–H groups in total. The number of benzene rings is 2. The van der Waals surface area contributed by atoms with Crippen LogP contribution in [0.25, 0.3) is 0 Å². The van der Waals surface area contributed by atoms with Gasteiger partial charge in [-0.15, -0.1) is 0 Å². The van der Waals surface area contributed by atoms with Crippen LogP contribution in [0.5, 0.6) is 0 Å². The van der Waals surface area contributed by atoms with E-state index in [0.717, 1.165) is 25.7 Å². The maximum atomic E-state index is 15.0. The summed E-state index contributed by atoms with van der Waals surface area (Å²) in [6, 6.07) is 12.3. The predicted molar refractivity (Wildman–Crippen MR) is 122 cm³/mol. The first kappa shape index (κ1) is 22.7. The zero-order valence-electron chi connectivity index (χ0n) is 19.0. The van der Waals surface area contributed by atoms with Crippen LogP contribution in [0.2, 0.25) is 0 Å². The molecule has 0 unspecified atom stereocenters. The second-order valence-electron chi connectivity index (χ2n) is 9.77. The normalized spacial score (nSPS) is 25.5. The van der Waals surface area contributed by atoms with Crippen molar-refractivity contribution in [1.29, 1.82) is 0 Å². The average Bonchev–Trinajstić information content (AvgIpc) is 3.56. The minimum Gasteiger partial charge on any atom is -0.342 e. The van der Waals surface area contributed by atoms with Gasteiger partial charge in [-0.3, -0.25) is 19.3 Å². The van der Waals surface area contributed by atoms with E-state index in [-0.39, 0.29) is 48.0 Å². The Morgan fingerprint density at radius 2 is 1.62 bits per heavy atom. The Bertz CT molecular complexity index is 1130. The van der Waals surface area contributed by atoms with Crippen LogP contribution in [0.3, 0.4) is 0 Å². The number of halogens is 2. The van der Waals surface area contributed by atoms with Gasteiger partial charge in [0, 0.05) is 43.5 Å². The molecule has 2 aliphatic heterocycles. The van der Waals surface area contributed by atoms with Crippen LogP contribution < -0.4 is 0 Å². The van der Waals surface area contributed by atoms with E-state index >= 15 is 0 Å². The second-order valence-corrected chi connectivity index (χ2v) is 9.77. The molecule has 34 heavy (non-hydrogen) atoms. The van der Waals surface area contributed by atoms with Crippen molar-refractivity contribution in [3.05, 3.63) is 71.3 Å². The van der Waals surface area contributed by atoms with Gasteiger partial charge in [-0.1, -0.05) is 49.2 Å². The van der Waals surface area contributed by atoms with Crippen LogP contribution in [0.15, 0.2) is 48.5 Å². The highest BCUT2D eigenvalue weighted by molar-refractivity contribution is 6.11. The SMILES string of the molecule is O=C(C[C@@]1(c2ccccc2F)CC(=O)N(C2CCCC2)C1=O)N1CC[C@@H](c2ccccc2F)C1. The van der Waals surface area contributed by atoms with E-state index in [2.05, 4.69) is 0 Å².